The van der Waals surface area contributed by atoms with E-state index in [9.17, 15) is 19.7 Å². The van der Waals surface area contributed by atoms with E-state index in [-0.39, 0.29) is 12.1 Å². The van der Waals surface area contributed by atoms with Crippen molar-refractivity contribution in [1.82, 2.24) is 0 Å². The third-order valence-electron chi connectivity index (χ3n) is 3.25. The molecule has 2 N–H and O–H groups in total. The molecule has 0 spiro atoms. The Bertz CT molecular complexity index is 600. The normalized spacial score (nSPS) is 21.0. The Hall–Kier alpha value is -2.48. The van der Waals surface area contributed by atoms with Gasteiger partial charge >= 0.3 is 5.97 Å². The molecule has 1 fully saturated rings. The number of anilines is 1. The molecule has 1 heterocycles. The van der Waals surface area contributed by atoms with E-state index in [0.717, 1.165) is 0 Å². The molecule has 8 nitrogen and oxygen atoms in total. The lowest BCUT2D eigenvalue weighted by molar-refractivity contribution is -0.385. The predicted octanol–water partition coefficient (Wildman–Crippen LogP) is 1.47. The van der Waals surface area contributed by atoms with Gasteiger partial charge in [0.15, 0.2) is 6.10 Å². The number of rotatable bonds is 4. The van der Waals surface area contributed by atoms with Gasteiger partial charge in [0.2, 0.25) is 0 Å². The lowest BCUT2D eigenvalue weighted by Crippen LogP contribution is -2.29. The number of nitrogens with zero attached hydrogens (tertiary/aromatic N) is 1. The molecule has 2 atom stereocenters. The van der Waals surface area contributed by atoms with Crippen molar-refractivity contribution in [3.05, 3.63) is 33.9 Å². The van der Waals surface area contributed by atoms with Crippen LogP contribution in [-0.4, -0.2) is 34.1 Å². The fourth-order valence-corrected chi connectivity index (χ4v) is 2.17. The molecule has 0 saturated carbocycles. The van der Waals surface area contributed by atoms with Crippen LogP contribution in [0.4, 0.5) is 11.4 Å². The number of carbonyl (C=O) groups excluding carboxylic acids is 1. The number of benzene rings is 1. The van der Waals surface area contributed by atoms with E-state index >= 15 is 0 Å². The molecular formula is C13H14N2O6. The van der Waals surface area contributed by atoms with E-state index in [4.69, 9.17) is 9.84 Å². The fraction of sp³-hybridized carbons (Fsp3) is 0.385. The van der Waals surface area contributed by atoms with Crippen molar-refractivity contribution in [2.24, 2.45) is 0 Å². The highest BCUT2D eigenvalue weighted by Gasteiger charge is 2.34. The Labute approximate surface area is 119 Å². The first-order valence-corrected chi connectivity index (χ1v) is 6.32. The van der Waals surface area contributed by atoms with Gasteiger partial charge in [-0.05, 0) is 31.9 Å². The number of carboxylic acids is 1. The second kappa shape index (κ2) is 5.88. The molecule has 1 saturated heterocycles. The summed E-state index contributed by atoms with van der Waals surface area (Å²) in [6, 6.07) is 4.22. The first-order valence-electron chi connectivity index (χ1n) is 6.32. The first-order chi connectivity index (χ1) is 9.88. The Balaban J connectivity index is 2.02. The summed E-state index contributed by atoms with van der Waals surface area (Å²) in [6.45, 7) is 1.57. The molecule has 0 radical (unpaired) electrons. The molecule has 0 bridgehead atoms. The van der Waals surface area contributed by atoms with Crippen molar-refractivity contribution in [3.63, 3.8) is 0 Å². The van der Waals surface area contributed by atoms with Crippen LogP contribution in [0.3, 0.4) is 0 Å². The van der Waals surface area contributed by atoms with Crippen molar-refractivity contribution >= 4 is 23.3 Å². The fourth-order valence-electron chi connectivity index (χ4n) is 2.17. The van der Waals surface area contributed by atoms with E-state index in [1.165, 1.54) is 18.2 Å². The van der Waals surface area contributed by atoms with E-state index in [0.29, 0.717) is 17.7 Å². The van der Waals surface area contributed by atoms with Crippen molar-refractivity contribution in [1.29, 1.82) is 0 Å². The SMILES string of the molecule is Cc1cc(NC(=O)[C@@H]2CC[C@H](C(=O)O)O2)ccc1[N+](=O)[O-]. The Morgan fingerprint density at radius 3 is 2.57 bits per heavy atom. The molecule has 0 unspecified atom stereocenters. The van der Waals surface area contributed by atoms with Gasteiger partial charge in [0.25, 0.3) is 11.6 Å². The molecule has 1 aliphatic heterocycles. The van der Waals surface area contributed by atoms with E-state index in [1.807, 2.05) is 0 Å². The summed E-state index contributed by atoms with van der Waals surface area (Å²) in [7, 11) is 0. The van der Waals surface area contributed by atoms with E-state index in [1.54, 1.807) is 6.92 Å². The minimum Gasteiger partial charge on any atom is -0.479 e. The summed E-state index contributed by atoms with van der Waals surface area (Å²) in [5, 5.41) is 22.1. The van der Waals surface area contributed by atoms with Gasteiger partial charge in [0.05, 0.1) is 4.92 Å². The minimum absolute atomic E-state index is 0.0314. The van der Waals surface area contributed by atoms with Crippen LogP contribution in [0.5, 0.6) is 0 Å². The molecular weight excluding hydrogens is 280 g/mol. The van der Waals surface area contributed by atoms with Gasteiger partial charge in [0.1, 0.15) is 6.10 Å². The van der Waals surface area contributed by atoms with Crippen LogP contribution in [0, 0.1) is 17.0 Å². The highest BCUT2D eigenvalue weighted by atomic mass is 16.6. The number of hydrogen-bond acceptors (Lipinski definition) is 5. The topological polar surface area (TPSA) is 119 Å². The van der Waals surface area contributed by atoms with Gasteiger partial charge in [-0.25, -0.2) is 4.79 Å². The van der Waals surface area contributed by atoms with Gasteiger partial charge in [-0.2, -0.15) is 0 Å². The maximum Gasteiger partial charge on any atom is 0.332 e. The van der Waals surface area contributed by atoms with Gasteiger partial charge < -0.3 is 15.2 Å². The van der Waals surface area contributed by atoms with Crippen LogP contribution in [0.2, 0.25) is 0 Å². The standard InChI is InChI=1S/C13H14N2O6/c1-7-6-8(2-3-9(7)15(19)20)14-12(16)10-4-5-11(21-10)13(17)18/h2-3,6,10-11H,4-5H2,1H3,(H,14,16)(H,17,18)/t10-,11+/m0/s1. The number of carbonyl (C=O) groups is 2. The van der Waals surface area contributed by atoms with Crippen LogP contribution in [0.15, 0.2) is 18.2 Å². The van der Waals surface area contributed by atoms with Crippen LogP contribution in [-0.2, 0) is 14.3 Å². The van der Waals surface area contributed by atoms with Crippen molar-refractivity contribution in [2.45, 2.75) is 32.0 Å². The summed E-state index contributed by atoms with van der Waals surface area (Å²) in [5.41, 5.74) is 0.801. The summed E-state index contributed by atoms with van der Waals surface area (Å²) >= 11 is 0. The number of nitrogens with one attached hydrogen (secondary N) is 1. The third-order valence-corrected chi connectivity index (χ3v) is 3.25. The largest absolute Gasteiger partial charge is 0.479 e. The Kier molecular flexibility index (Phi) is 4.18. The zero-order chi connectivity index (χ0) is 15.6. The first kappa shape index (κ1) is 14.9. The molecule has 1 amide bonds. The molecule has 0 aliphatic carbocycles. The van der Waals surface area contributed by atoms with Gasteiger partial charge in [-0.15, -0.1) is 0 Å². The zero-order valence-corrected chi connectivity index (χ0v) is 11.2. The molecule has 2 rings (SSSR count). The second-order valence-corrected chi connectivity index (χ2v) is 4.78. The highest BCUT2D eigenvalue weighted by Crippen LogP contribution is 2.24. The zero-order valence-electron chi connectivity index (χ0n) is 11.2. The number of hydrogen-bond donors (Lipinski definition) is 2. The lowest BCUT2D eigenvalue weighted by atomic mass is 10.1. The van der Waals surface area contributed by atoms with Crippen molar-refractivity contribution < 1.29 is 24.4 Å². The number of carboxylic acid groups (broad SMARTS) is 1. The highest BCUT2D eigenvalue weighted by molar-refractivity contribution is 5.95. The van der Waals surface area contributed by atoms with Crippen LogP contribution in [0.25, 0.3) is 0 Å². The average molecular weight is 294 g/mol. The summed E-state index contributed by atoms with van der Waals surface area (Å²) < 4.78 is 5.13. The lowest BCUT2D eigenvalue weighted by Gasteiger charge is -2.12. The molecule has 1 aromatic carbocycles. The second-order valence-electron chi connectivity index (χ2n) is 4.78. The van der Waals surface area contributed by atoms with Crippen LogP contribution >= 0.6 is 0 Å². The molecule has 1 aromatic rings. The molecule has 21 heavy (non-hydrogen) atoms. The average Bonchev–Trinajstić information content (AvgIpc) is 2.88. The number of aryl methyl sites for hydroxylation is 1. The van der Waals surface area contributed by atoms with E-state index < -0.39 is 29.0 Å². The van der Waals surface area contributed by atoms with Crippen LogP contribution < -0.4 is 5.32 Å². The number of amides is 1. The summed E-state index contributed by atoms with van der Waals surface area (Å²) in [6.07, 6.45) is -1.16. The van der Waals surface area contributed by atoms with Crippen molar-refractivity contribution in [2.75, 3.05) is 5.32 Å². The summed E-state index contributed by atoms with van der Waals surface area (Å²) in [5.74, 6) is -1.54. The van der Waals surface area contributed by atoms with Gasteiger partial charge in [-0.1, -0.05) is 0 Å². The molecule has 1 aliphatic rings. The molecule has 0 aromatic heterocycles. The minimum atomic E-state index is -1.09. The maximum atomic E-state index is 12.0. The molecule has 112 valence electrons. The van der Waals surface area contributed by atoms with Gasteiger partial charge in [0, 0.05) is 17.3 Å². The quantitative estimate of drug-likeness (QED) is 0.641. The maximum absolute atomic E-state index is 12.0. The number of ether oxygens (including phenoxy) is 1. The third kappa shape index (κ3) is 3.34. The molecule has 8 heteroatoms. The summed E-state index contributed by atoms with van der Waals surface area (Å²) in [4.78, 5) is 32.9. The van der Waals surface area contributed by atoms with E-state index in [2.05, 4.69) is 5.32 Å². The predicted molar refractivity (Wildman–Crippen MR) is 72.0 cm³/mol. The Morgan fingerprint density at radius 1 is 1.38 bits per heavy atom. The number of nitro groups is 1. The Morgan fingerprint density at radius 2 is 2.05 bits per heavy atom. The van der Waals surface area contributed by atoms with Crippen LogP contribution in [0.1, 0.15) is 18.4 Å². The van der Waals surface area contributed by atoms with Gasteiger partial charge in [-0.3, -0.25) is 14.9 Å². The smallest absolute Gasteiger partial charge is 0.332 e. The number of nitro benzene ring substituents is 1. The monoisotopic (exact) mass is 294 g/mol. The number of aliphatic carboxylic acids is 1. The van der Waals surface area contributed by atoms with Crippen molar-refractivity contribution in [3.8, 4) is 0 Å².